The smallest absolute Gasteiger partial charge is 0.408 e. The molecule has 0 aromatic heterocycles. The van der Waals surface area contributed by atoms with E-state index in [1.807, 2.05) is 32.0 Å². The maximum Gasteiger partial charge on any atom is 0.408 e. The molecule has 226 valence electrons. The van der Waals surface area contributed by atoms with Crippen LogP contribution in [-0.2, 0) is 14.3 Å². The number of amides is 3. The summed E-state index contributed by atoms with van der Waals surface area (Å²) in [5, 5.41) is 15.9. The van der Waals surface area contributed by atoms with Crippen molar-refractivity contribution in [3.05, 3.63) is 58.7 Å². The minimum absolute atomic E-state index is 0.0181. The van der Waals surface area contributed by atoms with E-state index in [0.29, 0.717) is 29.8 Å². The SMILES string of the molecule is CCCCCCCN(C(=O)C(CS)NC(=O)OC(C)(C)C)C(C(=O)Nc1c(C)cccc1C)c1ccc(O)c(C)c1. The van der Waals surface area contributed by atoms with Crippen LogP contribution < -0.4 is 10.6 Å². The molecule has 0 saturated carbocycles. The number of benzene rings is 2. The Morgan fingerprint density at radius 1 is 0.976 bits per heavy atom. The molecule has 3 amide bonds. The number of phenols is 1. The Labute approximate surface area is 250 Å². The number of hydrogen-bond donors (Lipinski definition) is 4. The lowest BCUT2D eigenvalue weighted by atomic mass is 9.99. The number of ether oxygens (including phenoxy) is 1. The quantitative estimate of drug-likeness (QED) is 0.156. The number of anilines is 1. The van der Waals surface area contributed by atoms with E-state index in [-0.39, 0.29) is 17.4 Å². The highest BCUT2D eigenvalue weighted by atomic mass is 32.1. The van der Waals surface area contributed by atoms with Crippen LogP contribution in [0.5, 0.6) is 5.75 Å². The number of nitrogens with zero attached hydrogens (tertiary/aromatic N) is 1. The second kappa shape index (κ2) is 15.7. The van der Waals surface area contributed by atoms with Crippen molar-refractivity contribution in [2.75, 3.05) is 17.6 Å². The number of carbonyl (C=O) groups is 3. The van der Waals surface area contributed by atoms with E-state index >= 15 is 0 Å². The van der Waals surface area contributed by atoms with Gasteiger partial charge in [-0.3, -0.25) is 9.59 Å². The molecular weight excluding hydrogens is 538 g/mol. The first-order valence-corrected chi connectivity index (χ1v) is 15.0. The number of aryl methyl sites for hydroxylation is 3. The Balaban J connectivity index is 2.55. The molecule has 0 fully saturated rings. The van der Waals surface area contributed by atoms with E-state index in [1.165, 1.54) is 11.0 Å². The summed E-state index contributed by atoms with van der Waals surface area (Å²) < 4.78 is 5.39. The van der Waals surface area contributed by atoms with E-state index in [9.17, 15) is 19.5 Å². The summed E-state index contributed by atoms with van der Waals surface area (Å²) in [7, 11) is 0. The predicted molar refractivity (Wildman–Crippen MR) is 168 cm³/mol. The molecule has 2 aromatic carbocycles. The molecule has 2 atom stereocenters. The van der Waals surface area contributed by atoms with Gasteiger partial charge in [0, 0.05) is 18.0 Å². The summed E-state index contributed by atoms with van der Waals surface area (Å²) in [6, 6.07) is 8.63. The fourth-order valence-electron chi connectivity index (χ4n) is 4.61. The standard InChI is InChI=1S/C32H47N3O5S/c1-8-9-10-11-12-18-35(30(38)25(20-41)33-31(39)40-32(5,6)7)28(24-16-17-26(36)23(4)19-24)29(37)34-27-21(2)14-13-15-22(27)3/h13-17,19,25,28,36,41H,8-12,18,20H2,1-7H3,(H,33,39)(H,34,37). The topological polar surface area (TPSA) is 108 Å². The summed E-state index contributed by atoms with van der Waals surface area (Å²) in [5.41, 5.74) is 2.88. The van der Waals surface area contributed by atoms with Crippen molar-refractivity contribution < 1.29 is 24.2 Å². The highest BCUT2D eigenvalue weighted by Gasteiger charge is 2.36. The van der Waals surface area contributed by atoms with Crippen molar-refractivity contribution >= 4 is 36.2 Å². The Kier molecular flexibility index (Phi) is 13.0. The third kappa shape index (κ3) is 10.3. The molecule has 0 heterocycles. The second-order valence-electron chi connectivity index (χ2n) is 11.5. The highest BCUT2D eigenvalue weighted by molar-refractivity contribution is 7.80. The van der Waals surface area contributed by atoms with Gasteiger partial charge in [-0.15, -0.1) is 0 Å². The molecule has 0 aliphatic rings. The number of rotatable bonds is 13. The predicted octanol–water partition coefficient (Wildman–Crippen LogP) is 6.62. The summed E-state index contributed by atoms with van der Waals surface area (Å²) >= 11 is 4.37. The van der Waals surface area contributed by atoms with E-state index in [0.717, 1.165) is 36.8 Å². The Morgan fingerprint density at radius 2 is 1.61 bits per heavy atom. The average Bonchev–Trinajstić information content (AvgIpc) is 2.89. The first-order valence-electron chi connectivity index (χ1n) is 14.4. The third-order valence-corrected chi connectivity index (χ3v) is 7.15. The highest BCUT2D eigenvalue weighted by Crippen LogP contribution is 2.30. The van der Waals surface area contributed by atoms with Crippen LogP contribution in [0, 0.1) is 20.8 Å². The van der Waals surface area contributed by atoms with Crippen LogP contribution in [0.4, 0.5) is 10.5 Å². The molecular formula is C32H47N3O5S. The first-order chi connectivity index (χ1) is 19.3. The fraction of sp³-hybridized carbons (Fsp3) is 0.531. The largest absolute Gasteiger partial charge is 0.508 e. The van der Waals surface area contributed by atoms with Gasteiger partial charge in [-0.25, -0.2) is 4.79 Å². The monoisotopic (exact) mass is 585 g/mol. The Bertz CT molecular complexity index is 1170. The van der Waals surface area contributed by atoms with Gasteiger partial charge >= 0.3 is 6.09 Å². The van der Waals surface area contributed by atoms with Crippen LogP contribution in [0.1, 0.15) is 88.1 Å². The maximum atomic E-state index is 14.1. The van der Waals surface area contributed by atoms with Crippen LogP contribution in [0.3, 0.4) is 0 Å². The molecule has 0 aliphatic carbocycles. The molecule has 2 unspecified atom stereocenters. The maximum absolute atomic E-state index is 14.1. The van der Waals surface area contributed by atoms with Gasteiger partial charge in [0.05, 0.1) is 0 Å². The van der Waals surface area contributed by atoms with Gasteiger partial charge in [-0.05, 0) is 82.3 Å². The number of aromatic hydroxyl groups is 1. The molecule has 0 saturated heterocycles. The molecule has 2 aromatic rings. The van der Waals surface area contributed by atoms with Crippen LogP contribution in [-0.4, -0.2) is 51.9 Å². The van der Waals surface area contributed by atoms with Crippen LogP contribution in [0.2, 0.25) is 0 Å². The zero-order valence-electron chi connectivity index (χ0n) is 25.5. The number of carbonyl (C=O) groups excluding carboxylic acids is 3. The lowest BCUT2D eigenvalue weighted by Gasteiger charge is -2.34. The molecule has 0 aliphatic heterocycles. The van der Waals surface area contributed by atoms with Crippen molar-refractivity contribution in [1.29, 1.82) is 0 Å². The molecule has 3 N–H and O–H groups in total. The van der Waals surface area contributed by atoms with Crippen LogP contribution in [0.15, 0.2) is 36.4 Å². The third-order valence-electron chi connectivity index (χ3n) is 6.78. The van der Waals surface area contributed by atoms with Gasteiger partial charge in [-0.2, -0.15) is 12.6 Å². The van der Waals surface area contributed by atoms with Gasteiger partial charge in [0.15, 0.2) is 0 Å². The van der Waals surface area contributed by atoms with Gasteiger partial charge in [0.25, 0.3) is 5.91 Å². The summed E-state index contributed by atoms with van der Waals surface area (Å²) in [5.74, 6) is -0.706. The van der Waals surface area contributed by atoms with E-state index in [4.69, 9.17) is 4.74 Å². The van der Waals surface area contributed by atoms with Gasteiger partial charge < -0.3 is 25.4 Å². The normalized spacial score (nSPS) is 12.8. The molecule has 9 heteroatoms. The Morgan fingerprint density at radius 3 is 2.17 bits per heavy atom. The van der Waals surface area contributed by atoms with Crippen molar-refractivity contribution in [3.8, 4) is 5.75 Å². The first kappa shape index (κ1) is 34.0. The van der Waals surface area contributed by atoms with Crippen LogP contribution in [0.25, 0.3) is 0 Å². The molecule has 8 nitrogen and oxygen atoms in total. The zero-order valence-corrected chi connectivity index (χ0v) is 26.4. The average molecular weight is 586 g/mol. The minimum atomic E-state index is -1.02. The van der Waals surface area contributed by atoms with Crippen molar-refractivity contribution in [3.63, 3.8) is 0 Å². The number of nitrogens with one attached hydrogen (secondary N) is 2. The van der Waals surface area contributed by atoms with Crippen molar-refractivity contribution in [1.82, 2.24) is 10.2 Å². The number of para-hydroxylation sites is 1. The number of hydrogen-bond acceptors (Lipinski definition) is 6. The van der Waals surface area contributed by atoms with Gasteiger partial charge in [0.2, 0.25) is 5.91 Å². The molecule has 0 spiro atoms. The van der Waals surface area contributed by atoms with E-state index in [2.05, 4.69) is 30.2 Å². The zero-order chi connectivity index (χ0) is 30.7. The molecule has 0 bridgehead atoms. The summed E-state index contributed by atoms with van der Waals surface area (Å²) in [6.07, 6.45) is 4.02. The number of thiol groups is 1. The Hall–Kier alpha value is -3.20. The van der Waals surface area contributed by atoms with Crippen molar-refractivity contribution in [2.24, 2.45) is 0 Å². The molecule has 2 rings (SSSR count). The lowest BCUT2D eigenvalue weighted by Crippen LogP contribution is -2.53. The molecule has 0 radical (unpaired) electrons. The lowest BCUT2D eigenvalue weighted by molar-refractivity contribution is -0.140. The van der Waals surface area contributed by atoms with Crippen molar-refractivity contribution in [2.45, 2.75) is 98.3 Å². The van der Waals surface area contributed by atoms with Crippen LogP contribution >= 0.6 is 12.6 Å². The van der Waals surface area contributed by atoms with Gasteiger partial charge in [-0.1, -0.05) is 56.9 Å². The summed E-state index contributed by atoms with van der Waals surface area (Å²) in [4.78, 5) is 42.4. The number of phenolic OH excluding ortho intramolecular Hbond substituents is 1. The summed E-state index contributed by atoms with van der Waals surface area (Å²) in [6.45, 7) is 13.2. The van der Waals surface area contributed by atoms with E-state index in [1.54, 1.807) is 39.8 Å². The van der Waals surface area contributed by atoms with Gasteiger partial charge in [0.1, 0.15) is 23.4 Å². The fourth-order valence-corrected chi connectivity index (χ4v) is 4.86. The second-order valence-corrected chi connectivity index (χ2v) is 11.9. The number of alkyl carbamates (subject to hydrolysis) is 1. The number of unbranched alkanes of at least 4 members (excludes halogenated alkanes) is 4. The minimum Gasteiger partial charge on any atom is -0.508 e. The molecule has 41 heavy (non-hydrogen) atoms. The van der Waals surface area contributed by atoms with E-state index < -0.39 is 29.7 Å².